The highest BCUT2D eigenvalue weighted by Gasteiger charge is 1.93. The summed E-state index contributed by atoms with van der Waals surface area (Å²) >= 11 is 0. The summed E-state index contributed by atoms with van der Waals surface area (Å²) in [6, 6.07) is 0. The molecule has 0 bridgehead atoms. The number of hydrogen-bond acceptors (Lipinski definition) is 1. The monoisotopic (exact) mass is 266 g/mol. The Balaban J connectivity index is 2.91. The fraction of sp³-hybridized carbons (Fsp3) is 0.778. The van der Waals surface area contributed by atoms with Crippen LogP contribution in [0.25, 0.3) is 0 Å². The summed E-state index contributed by atoms with van der Waals surface area (Å²) in [5.74, 6) is 0. The van der Waals surface area contributed by atoms with Gasteiger partial charge in [-0.25, -0.2) is 0 Å². The predicted molar refractivity (Wildman–Crippen MR) is 86.6 cm³/mol. The van der Waals surface area contributed by atoms with Crippen LogP contribution < -0.4 is 0 Å². The van der Waals surface area contributed by atoms with Gasteiger partial charge in [-0.3, -0.25) is 0 Å². The lowest BCUT2D eigenvalue weighted by Crippen LogP contribution is -1.97. The number of hydrogen-bond donors (Lipinski definition) is 0. The molecular formula is C18H34O. The smallest absolute Gasteiger partial charge is 0.0466 e. The van der Waals surface area contributed by atoms with Crippen LogP contribution in [0.5, 0.6) is 0 Å². The van der Waals surface area contributed by atoms with Crippen molar-refractivity contribution < 1.29 is 4.74 Å². The zero-order valence-electron chi connectivity index (χ0n) is 12.9. The first-order chi connectivity index (χ1) is 9.41. The maximum atomic E-state index is 5.66. The third-order valence-electron chi connectivity index (χ3n) is 3.39. The largest absolute Gasteiger partial charge is 0.381 e. The second-order valence-corrected chi connectivity index (χ2v) is 5.30. The molecule has 1 nitrogen and oxygen atoms in total. The van der Waals surface area contributed by atoms with Crippen molar-refractivity contribution >= 4 is 0 Å². The molecule has 19 heavy (non-hydrogen) atoms. The maximum Gasteiger partial charge on any atom is 0.0466 e. The summed E-state index contributed by atoms with van der Waals surface area (Å²) in [6.07, 6.45) is 19.5. The van der Waals surface area contributed by atoms with Crippen molar-refractivity contribution in [2.24, 2.45) is 0 Å². The Hall–Kier alpha value is -0.560. The molecule has 0 aliphatic heterocycles. The van der Waals surface area contributed by atoms with E-state index in [9.17, 15) is 0 Å². The predicted octanol–water partition coefficient (Wildman–Crippen LogP) is 6.06. The van der Waals surface area contributed by atoms with Crippen molar-refractivity contribution in [1.29, 1.82) is 0 Å². The van der Waals surface area contributed by atoms with Crippen LogP contribution in [-0.2, 0) is 4.74 Å². The highest BCUT2D eigenvalue weighted by atomic mass is 16.5. The van der Waals surface area contributed by atoms with Gasteiger partial charge < -0.3 is 4.74 Å². The van der Waals surface area contributed by atoms with Crippen LogP contribution in [0, 0.1) is 0 Å². The Labute approximate surface area is 121 Å². The van der Waals surface area contributed by atoms with E-state index in [0.717, 1.165) is 13.2 Å². The molecule has 0 aliphatic rings. The van der Waals surface area contributed by atoms with E-state index in [-0.39, 0.29) is 0 Å². The van der Waals surface area contributed by atoms with Gasteiger partial charge in [0.25, 0.3) is 0 Å². The van der Waals surface area contributed by atoms with Crippen LogP contribution in [0.3, 0.4) is 0 Å². The molecule has 0 atom stereocenters. The van der Waals surface area contributed by atoms with Gasteiger partial charge in [-0.2, -0.15) is 0 Å². The Kier molecular flexibility index (Phi) is 16.9. The molecule has 1 heteroatoms. The Bertz CT molecular complexity index is 166. The number of ether oxygens (including phenoxy) is 1. The fourth-order valence-corrected chi connectivity index (χ4v) is 2.15. The van der Waals surface area contributed by atoms with Crippen LogP contribution >= 0.6 is 0 Å². The van der Waals surface area contributed by atoms with E-state index in [2.05, 4.69) is 13.2 Å². The summed E-state index contributed by atoms with van der Waals surface area (Å²) in [6.45, 7) is 9.39. The van der Waals surface area contributed by atoms with Gasteiger partial charge in [-0.05, 0) is 38.5 Å². The van der Waals surface area contributed by atoms with Crippen LogP contribution in [-0.4, -0.2) is 13.2 Å². The molecule has 0 aromatic rings. The molecule has 0 saturated carbocycles. The van der Waals surface area contributed by atoms with Crippen molar-refractivity contribution in [1.82, 2.24) is 0 Å². The molecule has 0 fully saturated rings. The molecular weight excluding hydrogens is 232 g/mol. The van der Waals surface area contributed by atoms with Gasteiger partial charge in [0, 0.05) is 13.2 Å². The van der Waals surface area contributed by atoms with E-state index in [1.54, 1.807) is 0 Å². The SMILES string of the molecule is C=CCCCCCCCOCCCCCCCC=C. The highest BCUT2D eigenvalue weighted by Crippen LogP contribution is 2.07. The van der Waals surface area contributed by atoms with Gasteiger partial charge in [0.2, 0.25) is 0 Å². The molecule has 112 valence electrons. The van der Waals surface area contributed by atoms with Gasteiger partial charge in [-0.1, -0.05) is 50.7 Å². The first-order valence-corrected chi connectivity index (χ1v) is 8.21. The molecule has 0 aromatic heterocycles. The summed E-state index contributed by atoms with van der Waals surface area (Å²) in [7, 11) is 0. The van der Waals surface area contributed by atoms with Gasteiger partial charge in [0.15, 0.2) is 0 Å². The molecule has 0 radical (unpaired) electrons. The van der Waals surface area contributed by atoms with E-state index < -0.39 is 0 Å². The van der Waals surface area contributed by atoms with Crippen molar-refractivity contribution in [2.75, 3.05) is 13.2 Å². The first kappa shape index (κ1) is 18.4. The highest BCUT2D eigenvalue weighted by molar-refractivity contribution is 4.65. The van der Waals surface area contributed by atoms with Crippen LogP contribution in [0.15, 0.2) is 25.3 Å². The molecule has 0 rings (SSSR count). The Morgan fingerprint density at radius 2 is 0.895 bits per heavy atom. The van der Waals surface area contributed by atoms with E-state index >= 15 is 0 Å². The number of rotatable bonds is 16. The summed E-state index contributed by atoms with van der Waals surface area (Å²) in [5.41, 5.74) is 0. The minimum atomic E-state index is 0.956. The van der Waals surface area contributed by atoms with Crippen molar-refractivity contribution in [3.63, 3.8) is 0 Å². The fourth-order valence-electron chi connectivity index (χ4n) is 2.15. The van der Waals surface area contributed by atoms with E-state index in [0.29, 0.717) is 0 Å². The van der Waals surface area contributed by atoms with Crippen LogP contribution in [0.4, 0.5) is 0 Å². The second kappa shape index (κ2) is 17.4. The minimum Gasteiger partial charge on any atom is -0.381 e. The quantitative estimate of drug-likeness (QED) is 0.244. The number of allylic oxidation sites excluding steroid dienone is 2. The van der Waals surface area contributed by atoms with E-state index in [1.807, 2.05) is 12.2 Å². The number of unbranched alkanes of at least 4 members (excludes halogenated alkanes) is 10. The lowest BCUT2D eigenvalue weighted by molar-refractivity contribution is 0.125. The maximum absolute atomic E-state index is 5.66. The minimum absolute atomic E-state index is 0.956. The van der Waals surface area contributed by atoms with Gasteiger partial charge >= 0.3 is 0 Å². The molecule has 0 N–H and O–H groups in total. The van der Waals surface area contributed by atoms with Gasteiger partial charge in [0.1, 0.15) is 0 Å². The first-order valence-electron chi connectivity index (χ1n) is 8.21. The summed E-state index contributed by atoms with van der Waals surface area (Å²) in [4.78, 5) is 0. The average molecular weight is 266 g/mol. The molecule has 0 unspecified atom stereocenters. The average Bonchev–Trinajstić information content (AvgIpc) is 2.43. The molecule has 0 heterocycles. The third-order valence-corrected chi connectivity index (χ3v) is 3.39. The third kappa shape index (κ3) is 17.4. The van der Waals surface area contributed by atoms with E-state index in [1.165, 1.54) is 77.0 Å². The summed E-state index contributed by atoms with van der Waals surface area (Å²) in [5, 5.41) is 0. The van der Waals surface area contributed by atoms with Crippen molar-refractivity contribution in [3.05, 3.63) is 25.3 Å². The van der Waals surface area contributed by atoms with Crippen molar-refractivity contribution in [3.8, 4) is 0 Å². The Morgan fingerprint density at radius 3 is 1.32 bits per heavy atom. The van der Waals surface area contributed by atoms with Crippen molar-refractivity contribution in [2.45, 2.75) is 77.0 Å². The lowest BCUT2D eigenvalue weighted by atomic mass is 10.1. The molecule has 0 amide bonds. The molecule has 0 aromatic carbocycles. The normalized spacial score (nSPS) is 10.5. The Morgan fingerprint density at radius 1 is 0.526 bits per heavy atom. The topological polar surface area (TPSA) is 9.23 Å². The van der Waals surface area contributed by atoms with Crippen LogP contribution in [0.2, 0.25) is 0 Å². The van der Waals surface area contributed by atoms with Gasteiger partial charge in [0.05, 0.1) is 0 Å². The zero-order valence-corrected chi connectivity index (χ0v) is 12.9. The van der Waals surface area contributed by atoms with E-state index in [4.69, 9.17) is 4.74 Å². The molecule has 0 spiro atoms. The van der Waals surface area contributed by atoms with Gasteiger partial charge in [-0.15, -0.1) is 13.2 Å². The standard InChI is InChI=1S/C18H34O/c1-3-5-7-9-11-13-15-17-19-18-16-14-12-10-8-6-4-2/h3-4H,1-2,5-18H2. The molecule has 0 aliphatic carbocycles. The second-order valence-electron chi connectivity index (χ2n) is 5.30. The summed E-state index contributed by atoms with van der Waals surface area (Å²) < 4.78 is 5.66. The lowest BCUT2D eigenvalue weighted by Gasteiger charge is -2.04. The zero-order chi connectivity index (χ0) is 14.0. The molecule has 0 saturated heterocycles. The van der Waals surface area contributed by atoms with Crippen LogP contribution in [0.1, 0.15) is 77.0 Å².